The highest BCUT2D eigenvalue weighted by Crippen LogP contribution is 2.50. The van der Waals surface area contributed by atoms with Crippen molar-refractivity contribution >= 4 is 35.9 Å². The second-order valence-corrected chi connectivity index (χ2v) is 10.3. The maximum absolute atomic E-state index is 13.2. The number of methoxy groups -OCH3 is 1. The third-order valence-corrected chi connectivity index (χ3v) is 7.76. The normalized spacial score (nSPS) is 15.2. The highest BCUT2D eigenvalue weighted by molar-refractivity contribution is 7.56. The number of carbonyl (C=O) groups excluding carboxylic acids is 1. The lowest BCUT2D eigenvalue weighted by Gasteiger charge is -2.20. The molecule has 1 unspecified atom stereocenters. The van der Waals surface area contributed by atoms with E-state index in [2.05, 4.69) is 10.1 Å². The summed E-state index contributed by atoms with van der Waals surface area (Å²) in [5.41, 5.74) is 7.01. The number of carbonyl (C=O) groups is 1. The van der Waals surface area contributed by atoms with Gasteiger partial charge in [0.1, 0.15) is 17.2 Å². The van der Waals surface area contributed by atoms with Crippen LogP contribution in [0.2, 0.25) is 5.02 Å². The number of hydrogen-bond donors (Lipinski definition) is 2. The molecule has 0 aliphatic heterocycles. The third-order valence-electron chi connectivity index (χ3n) is 5.21. The van der Waals surface area contributed by atoms with Crippen LogP contribution in [0.15, 0.2) is 42.6 Å². The molecule has 1 aromatic heterocycles. The van der Waals surface area contributed by atoms with Gasteiger partial charge >= 0.3 is 0 Å². The van der Waals surface area contributed by atoms with Crippen molar-refractivity contribution < 1.29 is 23.4 Å². The van der Waals surface area contributed by atoms with Gasteiger partial charge in [-0.1, -0.05) is 17.7 Å². The summed E-state index contributed by atoms with van der Waals surface area (Å²) in [5, 5.41) is 4.15. The molecule has 10 heteroatoms. The first-order valence-electron chi connectivity index (χ1n) is 10.6. The minimum Gasteiger partial charge on any atom is -0.496 e. The van der Waals surface area contributed by atoms with Crippen LogP contribution in [-0.2, 0) is 15.3 Å². The predicted molar refractivity (Wildman–Crippen MR) is 127 cm³/mol. The fourth-order valence-electron chi connectivity index (χ4n) is 3.50. The molecule has 4 rings (SSSR count). The lowest BCUT2D eigenvalue weighted by molar-refractivity contribution is 0.0997. The van der Waals surface area contributed by atoms with Crippen LogP contribution in [0.25, 0.3) is 10.9 Å². The summed E-state index contributed by atoms with van der Waals surface area (Å²) >= 11 is 6.50. The molecule has 0 radical (unpaired) electrons. The number of nitrogens with zero attached hydrogens (tertiary/aromatic N) is 1. The Balaban J connectivity index is 1.61. The maximum atomic E-state index is 13.2. The summed E-state index contributed by atoms with van der Waals surface area (Å²) in [6.45, 7) is 2.17. The number of pyridine rings is 1. The van der Waals surface area contributed by atoms with Gasteiger partial charge in [0.25, 0.3) is 13.4 Å². The zero-order chi connectivity index (χ0) is 23.6. The molecule has 1 saturated carbocycles. The quantitative estimate of drug-likeness (QED) is 0.373. The van der Waals surface area contributed by atoms with Crippen LogP contribution in [0, 0.1) is 0 Å². The highest BCUT2D eigenvalue weighted by atomic mass is 35.5. The fraction of sp³-hybridized carbons (Fsp3) is 0.304. The maximum Gasteiger partial charge on any atom is 0.274 e. The van der Waals surface area contributed by atoms with Gasteiger partial charge in [-0.3, -0.25) is 14.3 Å². The minimum atomic E-state index is -3.04. The number of fused-ring (bicyclic) bond motifs is 1. The van der Waals surface area contributed by atoms with E-state index in [0.717, 1.165) is 12.8 Å². The van der Waals surface area contributed by atoms with Crippen molar-refractivity contribution in [2.75, 3.05) is 13.7 Å². The molecule has 1 heterocycles. The van der Waals surface area contributed by atoms with Crippen molar-refractivity contribution in [1.29, 1.82) is 0 Å². The van der Waals surface area contributed by atoms with Crippen LogP contribution in [0.4, 0.5) is 0 Å². The Bertz CT molecular complexity index is 1250. The Kier molecular flexibility index (Phi) is 6.91. The third kappa shape index (κ3) is 5.47. The molecule has 3 aromatic rings. The summed E-state index contributed by atoms with van der Waals surface area (Å²) in [4.78, 5) is 16.2. The molecule has 1 aliphatic rings. The molecule has 0 bridgehead atoms. The number of nitrogens with one attached hydrogen (secondary N) is 1. The zero-order valence-electron chi connectivity index (χ0n) is 18.3. The number of rotatable bonds is 10. The van der Waals surface area contributed by atoms with E-state index in [1.165, 1.54) is 7.11 Å². The van der Waals surface area contributed by atoms with Gasteiger partial charge in [-0.25, -0.2) is 5.09 Å². The van der Waals surface area contributed by atoms with E-state index in [1.807, 2.05) is 6.92 Å². The Hall–Kier alpha value is -2.64. The van der Waals surface area contributed by atoms with E-state index in [0.29, 0.717) is 45.3 Å². The molecule has 1 aliphatic carbocycles. The van der Waals surface area contributed by atoms with E-state index >= 15 is 0 Å². The smallest absolute Gasteiger partial charge is 0.274 e. The molecular weight excluding hydrogens is 465 g/mol. The Morgan fingerprint density at radius 1 is 1.24 bits per heavy atom. The topological polar surface area (TPSA) is 113 Å². The van der Waals surface area contributed by atoms with Gasteiger partial charge in [0.05, 0.1) is 31.0 Å². The molecule has 174 valence electrons. The van der Waals surface area contributed by atoms with Crippen molar-refractivity contribution in [2.45, 2.75) is 32.0 Å². The minimum absolute atomic E-state index is 0.191. The first kappa shape index (κ1) is 23.5. The lowest BCUT2D eigenvalue weighted by Crippen LogP contribution is -2.16. The standard InChI is InChI=1S/C23H25ClN3O5P/c1-3-31-33(29,27-15-5-6-15)13-14-4-7-16(10-19(14)24)32-21-8-9-26-20-12-22(30-2)18(23(25)28)11-17(20)21/h4,7-12,15H,3,5-6,13H2,1-2H3,(H2,25,28)(H,27,29). The van der Waals surface area contributed by atoms with Crippen molar-refractivity contribution in [3.8, 4) is 17.2 Å². The van der Waals surface area contributed by atoms with Gasteiger partial charge in [0.15, 0.2) is 0 Å². The van der Waals surface area contributed by atoms with Crippen molar-refractivity contribution in [2.24, 2.45) is 5.73 Å². The summed E-state index contributed by atoms with van der Waals surface area (Å²) in [6.07, 6.45) is 3.79. The predicted octanol–water partition coefficient (Wildman–Crippen LogP) is 5.27. The molecule has 2 aromatic carbocycles. The van der Waals surface area contributed by atoms with Crippen molar-refractivity contribution in [3.63, 3.8) is 0 Å². The summed E-state index contributed by atoms with van der Waals surface area (Å²) < 4.78 is 30.0. The Morgan fingerprint density at radius 3 is 2.67 bits per heavy atom. The molecular formula is C23H25ClN3O5P. The molecule has 1 fully saturated rings. The van der Waals surface area contributed by atoms with Crippen LogP contribution in [0.3, 0.4) is 0 Å². The number of ether oxygens (including phenoxy) is 2. The van der Waals surface area contributed by atoms with Gasteiger partial charge in [0, 0.05) is 28.7 Å². The number of halogens is 1. The second kappa shape index (κ2) is 9.69. The molecule has 1 amide bonds. The largest absolute Gasteiger partial charge is 0.496 e. The number of nitrogens with two attached hydrogens (primary N) is 1. The van der Waals surface area contributed by atoms with Crippen LogP contribution in [0.1, 0.15) is 35.7 Å². The molecule has 3 N–H and O–H groups in total. The van der Waals surface area contributed by atoms with Gasteiger partial charge in [-0.2, -0.15) is 0 Å². The first-order chi connectivity index (χ1) is 15.8. The summed E-state index contributed by atoms with van der Waals surface area (Å²) in [7, 11) is -1.58. The summed E-state index contributed by atoms with van der Waals surface area (Å²) in [5.74, 6) is 0.679. The average molecular weight is 490 g/mol. The van der Waals surface area contributed by atoms with Crippen LogP contribution in [-0.4, -0.2) is 30.6 Å². The molecule has 1 atom stereocenters. The van der Waals surface area contributed by atoms with E-state index in [-0.39, 0.29) is 17.8 Å². The number of amides is 1. The second-order valence-electron chi connectivity index (χ2n) is 7.75. The SMILES string of the molecule is CCOP(=O)(Cc1ccc(Oc2ccnc3cc(OC)c(C(N)=O)cc23)cc1Cl)NC1CC1. The molecule has 0 saturated heterocycles. The Labute approximate surface area is 196 Å². The van der Waals surface area contributed by atoms with E-state index in [9.17, 15) is 9.36 Å². The average Bonchev–Trinajstić information content (AvgIpc) is 3.58. The summed E-state index contributed by atoms with van der Waals surface area (Å²) in [6, 6.07) is 10.3. The molecule has 33 heavy (non-hydrogen) atoms. The molecule has 0 spiro atoms. The Morgan fingerprint density at radius 2 is 2.03 bits per heavy atom. The number of benzene rings is 2. The number of primary amides is 1. The number of aromatic nitrogens is 1. The van der Waals surface area contributed by atoms with E-state index < -0.39 is 13.4 Å². The van der Waals surface area contributed by atoms with E-state index in [4.69, 9.17) is 31.3 Å². The van der Waals surface area contributed by atoms with Crippen molar-refractivity contribution in [3.05, 3.63) is 58.7 Å². The van der Waals surface area contributed by atoms with Crippen LogP contribution < -0.4 is 20.3 Å². The fourth-order valence-corrected chi connectivity index (χ4v) is 6.04. The van der Waals surface area contributed by atoms with Gasteiger partial charge in [-0.05, 0) is 49.6 Å². The van der Waals surface area contributed by atoms with Crippen LogP contribution >= 0.6 is 19.1 Å². The van der Waals surface area contributed by atoms with E-state index in [1.54, 1.807) is 42.6 Å². The zero-order valence-corrected chi connectivity index (χ0v) is 20.0. The first-order valence-corrected chi connectivity index (χ1v) is 12.7. The highest BCUT2D eigenvalue weighted by Gasteiger charge is 2.33. The van der Waals surface area contributed by atoms with Gasteiger partial charge in [0.2, 0.25) is 0 Å². The monoisotopic (exact) mass is 489 g/mol. The van der Waals surface area contributed by atoms with Crippen molar-refractivity contribution in [1.82, 2.24) is 10.1 Å². The van der Waals surface area contributed by atoms with Gasteiger partial charge in [-0.15, -0.1) is 0 Å². The van der Waals surface area contributed by atoms with Gasteiger partial charge < -0.3 is 19.7 Å². The molecule has 8 nitrogen and oxygen atoms in total. The number of hydrogen-bond acceptors (Lipinski definition) is 6. The van der Waals surface area contributed by atoms with Crippen LogP contribution in [0.5, 0.6) is 17.2 Å². The lowest BCUT2D eigenvalue weighted by atomic mass is 10.1.